The van der Waals surface area contributed by atoms with Gasteiger partial charge in [0.2, 0.25) is 11.8 Å². The summed E-state index contributed by atoms with van der Waals surface area (Å²) in [5.74, 6) is -0.350. The Morgan fingerprint density at radius 1 is 1.23 bits per heavy atom. The van der Waals surface area contributed by atoms with E-state index in [1.807, 2.05) is 0 Å². The Bertz CT molecular complexity index is 623. The molecule has 2 aromatic rings. The molecule has 2 amide bonds. The topological polar surface area (TPSA) is 71.3 Å². The molecule has 1 aromatic heterocycles. The summed E-state index contributed by atoms with van der Waals surface area (Å²) in [6.07, 6.45) is 3.28. The highest BCUT2D eigenvalue weighted by Crippen LogP contribution is 2.19. The van der Waals surface area contributed by atoms with E-state index in [2.05, 4.69) is 10.6 Å². The highest BCUT2D eigenvalue weighted by molar-refractivity contribution is 6.30. The molecule has 5 nitrogen and oxygen atoms in total. The fourth-order valence-electron chi connectivity index (χ4n) is 2.04. The van der Waals surface area contributed by atoms with Gasteiger partial charge in [0.15, 0.2) is 0 Å². The average Bonchev–Trinajstić information content (AvgIpc) is 2.98. The van der Waals surface area contributed by atoms with Crippen molar-refractivity contribution >= 4 is 23.4 Å². The monoisotopic (exact) mass is 320 g/mol. The van der Waals surface area contributed by atoms with Gasteiger partial charge in [-0.15, -0.1) is 0 Å². The summed E-state index contributed by atoms with van der Waals surface area (Å²) in [4.78, 5) is 23.4. The van der Waals surface area contributed by atoms with Crippen molar-refractivity contribution in [3.63, 3.8) is 0 Å². The Morgan fingerprint density at radius 2 is 1.95 bits per heavy atom. The maximum Gasteiger partial charge on any atom is 0.222 e. The summed E-state index contributed by atoms with van der Waals surface area (Å²) in [6.45, 7) is 1.81. The zero-order chi connectivity index (χ0) is 15.9. The van der Waals surface area contributed by atoms with Gasteiger partial charge in [-0.2, -0.15) is 0 Å². The van der Waals surface area contributed by atoms with Gasteiger partial charge >= 0.3 is 0 Å². The Balaban J connectivity index is 1.98. The number of furan rings is 1. The van der Waals surface area contributed by atoms with Gasteiger partial charge in [0, 0.05) is 24.1 Å². The average molecular weight is 321 g/mol. The Labute approximate surface area is 133 Å². The predicted molar refractivity (Wildman–Crippen MR) is 83.2 cm³/mol. The van der Waals surface area contributed by atoms with Crippen LogP contribution < -0.4 is 10.6 Å². The van der Waals surface area contributed by atoms with Gasteiger partial charge < -0.3 is 15.1 Å². The number of nitrogens with one attached hydrogen (secondary N) is 2. The lowest BCUT2D eigenvalue weighted by molar-refractivity contribution is -0.122. The molecule has 0 spiro atoms. The van der Waals surface area contributed by atoms with E-state index in [0.29, 0.717) is 11.6 Å². The van der Waals surface area contributed by atoms with Crippen molar-refractivity contribution in [1.29, 1.82) is 0 Å². The van der Waals surface area contributed by atoms with Crippen LogP contribution in [0.2, 0.25) is 5.02 Å². The molecule has 116 valence electrons. The van der Waals surface area contributed by atoms with Crippen LogP contribution in [-0.2, 0) is 16.1 Å². The van der Waals surface area contributed by atoms with Gasteiger partial charge in [-0.25, -0.2) is 0 Å². The molecule has 0 saturated carbocycles. The summed E-state index contributed by atoms with van der Waals surface area (Å²) in [6, 6.07) is 8.45. The van der Waals surface area contributed by atoms with E-state index in [-0.39, 0.29) is 24.3 Å². The molecule has 2 N–H and O–H groups in total. The second-order valence-corrected chi connectivity index (χ2v) is 5.35. The summed E-state index contributed by atoms with van der Waals surface area (Å²) in [7, 11) is 0. The summed E-state index contributed by atoms with van der Waals surface area (Å²) in [5, 5.41) is 6.18. The van der Waals surface area contributed by atoms with Crippen LogP contribution in [0, 0.1) is 0 Å². The Morgan fingerprint density at radius 3 is 2.55 bits per heavy atom. The van der Waals surface area contributed by atoms with E-state index in [4.69, 9.17) is 16.0 Å². The number of hydrogen-bond donors (Lipinski definition) is 2. The lowest BCUT2D eigenvalue weighted by Gasteiger charge is -2.18. The first-order valence-corrected chi connectivity index (χ1v) is 7.22. The second-order valence-electron chi connectivity index (χ2n) is 4.92. The number of amides is 2. The van der Waals surface area contributed by atoms with Crippen molar-refractivity contribution in [3.8, 4) is 0 Å². The third kappa shape index (κ3) is 4.93. The van der Waals surface area contributed by atoms with Crippen LogP contribution in [0.5, 0.6) is 0 Å². The van der Waals surface area contributed by atoms with Crippen LogP contribution >= 0.6 is 11.6 Å². The van der Waals surface area contributed by atoms with Crippen molar-refractivity contribution in [3.05, 3.63) is 59.0 Å². The smallest absolute Gasteiger partial charge is 0.222 e. The molecule has 1 aromatic carbocycles. The number of carbonyl (C=O) groups is 2. The first-order chi connectivity index (χ1) is 10.5. The van der Waals surface area contributed by atoms with Crippen molar-refractivity contribution in [2.24, 2.45) is 0 Å². The zero-order valence-corrected chi connectivity index (χ0v) is 12.9. The third-order valence-corrected chi connectivity index (χ3v) is 3.36. The van der Waals surface area contributed by atoms with E-state index >= 15 is 0 Å². The lowest BCUT2D eigenvalue weighted by Crippen LogP contribution is -2.32. The number of rotatable bonds is 6. The van der Waals surface area contributed by atoms with Crippen LogP contribution in [0.3, 0.4) is 0 Å². The molecule has 1 atom stereocenters. The molecular formula is C16H17ClN2O3. The molecule has 0 unspecified atom stereocenters. The van der Waals surface area contributed by atoms with Crippen LogP contribution in [-0.4, -0.2) is 11.8 Å². The van der Waals surface area contributed by atoms with E-state index in [1.165, 1.54) is 6.92 Å². The van der Waals surface area contributed by atoms with Crippen molar-refractivity contribution < 1.29 is 14.0 Å². The molecule has 2 rings (SSSR count). The van der Waals surface area contributed by atoms with Crippen molar-refractivity contribution in [2.75, 3.05) is 0 Å². The van der Waals surface area contributed by atoms with E-state index in [0.717, 1.165) is 11.1 Å². The predicted octanol–water partition coefficient (Wildman–Crippen LogP) is 2.82. The molecule has 0 aliphatic rings. The van der Waals surface area contributed by atoms with Gasteiger partial charge in [0.05, 0.1) is 25.0 Å². The third-order valence-electron chi connectivity index (χ3n) is 3.11. The SMILES string of the molecule is CC(=O)N[C@H](CC(=O)NCc1ccoc1)c1ccc(Cl)cc1. The molecule has 6 heteroatoms. The number of halogens is 1. The lowest BCUT2D eigenvalue weighted by atomic mass is 10.0. The highest BCUT2D eigenvalue weighted by Gasteiger charge is 2.17. The summed E-state index contributed by atoms with van der Waals surface area (Å²) < 4.78 is 4.94. The van der Waals surface area contributed by atoms with Crippen LogP contribution in [0.4, 0.5) is 0 Å². The standard InChI is InChI=1S/C16H17ClN2O3/c1-11(20)19-15(13-2-4-14(17)5-3-13)8-16(21)18-9-12-6-7-22-10-12/h2-7,10,15H,8-9H2,1H3,(H,18,21)(H,19,20)/t15-/m1/s1. The second kappa shape index (κ2) is 7.66. The minimum Gasteiger partial charge on any atom is -0.472 e. The molecule has 1 heterocycles. The largest absolute Gasteiger partial charge is 0.472 e. The van der Waals surface area contributed by atoms with Crippen LogP contribution in [0.15, 0.2) is 47.3 Å². The van der Waals surface area contributed by atoms with E-state index in [9.17, 15) is 9.59 Å². The minimum absolute atomic E-state index is 0.152. The Hall–Kier alpha value is -2.27. The molecule has 0 fully saturated rings. The molecular weight excluding hydrogens is 304 g/mol. The number of hydrogen-bond acceptors (Lipinski definition) is 3. The molecule has 0 saturated heterocycles. The Kier molecular flexibility index (Phi) is 5.61. The van der Waals surface area contributed by atoms with Crippen molar-refractivity contribution in [1.82, 2.24) is 10.6 Å². The van der Waals surface area contributed by atoms with Gasteiger partial charge in [0.1, 0.15) is 0 Å². The van der Waals surface area contributed by atoms with Crippen molar-refractivity contribution in [2.45, 2.75) is 25.9 Å². The van der Waals surface area contributed by atoms with E-state index < -0.39 is 0 Å². The molecule has 0 bridgehead atoms. The molecule has 22 heavy (non-hydrogen) atoms. The van der Waals surface area contributed by atoms with Gasteiger partial charge in [0.25, 0.3) is 0 Å². The molecule has 0 radical (unpaired) electrons. The fourth-order valence-corrected chi connectivity index (χ4v) is 2.17. The number of carbonyl (C=O) groups excluding carboxylic acids is 2. The van der Waals surface area contributed by atoms with Gasteiger partial charge in [-0.05, 0) is 23.8 Å². The number of benzene rings is 1. The normalized spacial score (nSPS) is 11.7. The van der Waals surface area contributed by atoms with Gasteiger partial charge in [-0.1, -0.05) is 23.7 Å². The van der Waals surface area contributed by atoms with E-state index in [1.54, 1.807) is 42.9 Å². The summed E-state index contributed by atoms with van der Waals surface area (Å²) in [5.41, 5.74) is 1.72. The minimum atomic E-state index is -0.390. The fraction of sp³-hybridized carbons (Fsp3) is 0.250. The maximum absolute atomic E-state index is 12.1. The van der Waals surface area contributed by atoms with Crippen LogP contribution in [0.1, 0.15) is 30.5 Å². The molecule has 0 aliphatic heterocycles. The quantitative estimate of drug-likeness (QED) is 0.859. The maximum atomic E-state index is 12.1. The zero-order valence-electron chi connectivity index (χ0n) is 12.1. The summed E-state index contributed by atoms with van der Waals surface area (Å²) >= 11 is 5.86. The first kappa shape index (κ1) is 16.1. The molecule has 0 aliphatic carbocycles. The van der Waals surface area contributed by atoms with Gasteiger partial charge in [-0.3, -0.25) is 9.59 Å². The first-order valence-electron chi connectivity index (χ1n) is 6.85. The highest BCUT2D eigenvalue weighted by atomic mass is 35.5. The van der Waals surface area contributed by atoms with Crippen LogP contribution in [0.25, 0.3) is 0 Å².